The van der Waals surface area contributed by atoms with E-state index in [0.717, 1.165) is 52.5 Å². The third-order valence-corrected chi connectivity index (χ3v) is 8.26. The van der Waals surface area contributed by atoms with Gasteiger partial charge in [-0.25, -0.2) is 9.78 Å². The smallest absolute Gasteiger partial charge is 0.341 e. The number of aromatic amines is 1. The Morgan fingerprint density at radius 1 is 1.07 bits per heavy atom. The van der Waals surface area contributed by atoms with Gasteiger partial charge in [0.05, 0.1) is 19.4 Å². The van der Waals surface area contributed by atoms with Crippen LogP contribution >= 0.6 is 11.6 Å². The van der Waals surface area contributed by atoms with Gasteiger partial charge in [0.15, 0.2) is 0 Å². The molecule has 2 aromatic heterocycles. The quantitative estimate of drug-likeness (QED) is 0.144. The number of esters is 1. The molecule has 0 radical (unpaired) electrons. The van der Waals surface area contributed by atoms with E-state index in [1.807, 2.05) is 54.6 Å². The third-order valence-electron chi connectivity index (χ3n) is 8.01. The topological polar surface area (TPSA) is 105 Å². The van der Waals surface area contributed by atoms with Crippen LogP contribution in [0, 0.1) is 5.92 Å². The van der Waals surface area contributed by atoms with E-state index in [9.17, 15) is 14.7 Å². The van der Waals surface area contributed by atoms with E-state index in [1.54, 1.807) is 30.6 Å². The summed E-state index contributed by atoms with van der Waals surface area (Å²) in [7, 11) is 1.34. The summed E-state index contributed by atoms with van der Waals surface area (Å²) in [6.07, 6.45) is 4.93. The first kappa shape index (κ1) is 28.5. The molecular formula is C34H30ClN3O5. The molecular weight excluding hydrogens is 566 g/mol. The number of carbonyl (C=O) groups excluding carboxylic acids is 2. The maximum Gasteiger partial charge on any atom is 0.341 e. The Bertz CT molecular complexity index is 1780. The molecule has 8 nitrogen and oxygen atoms in total. The van der Waals surface area contributed by atoms with Gasteiger partial charge >= 0.3 is 5.97 Å². The van der Waals surface area contributed by atoms with Crippen molar-refractivity contribution >= 4 is 40.6 Å². The number of piperidine rings is 1. The number of aldehydes is 1. The average molecular weight is 596 g/mol. The molecule has 1 atom stereocenters. The Balaban J connectivity index is 1.21. The van der Waals surface area contributed by atoms with Crippen LogP contribution in [0.2, 0.25) is 5.02 Å². The number of aliphatic hydroxyl groups excluding tert-OH is 1. The highest BCUT2D eigenvalue weighted by Crippen LogP contribution is 2.39. The lowest BCUT2D eigenvalue weighted by Gasteiger charge is -2.36. The van der Waals surface area contributed by atoms with Crippen molar-refractivity contribution in [2.24, 2.45) is 5.92 Å². The standard InChI is InChI=1S/C34H30ClN3O5/c1-42-34(41)29-9-7-26(18-31(29)43-27-17-24-10-13-36-33(24)37-19-27)38-14-11-23(12-15-38)32(40)30-16-21(20-39)2-8-28(30)22-3-5-25(35)6-4-22/h2-10,13,16-20,23,32,40H,11-12,14-15H2,1H3,(H,36,37). The normalized spacial score (nSPS) is 14.4. The number of hydrogen-bond donors (Lipinski definition) is 2. The number of anilines is 1. The molecule has 0 bridgehead atoms. The molecule has 43 heavy (non-hydrogen) atoms. The third kappa shape index (κ3) is 5.98. The van der Waals surface area contributed by atoms with Gasteiger partial charge in [-0.3, -0.25) is 4.79 Å². The monoisotopic (exact) mass is 595 g/mol. The maximum absolute atomic E-state index is 12.5. The van der Waals surface area contributed by atoms with Gasteiger partial charge in [0.25, 0.3) is 0 Å². The second-order valence-corrected chi connectivity index (χ2v) is 11.0. The number of pyridine rings is 1. The summed E-state index contributed by atoms with van der Waals surface area (Å²) in [6, 6.07) is 22.1. The van der Waals surface area contributed by atoms with Crippen molar-refractivity contribution in [1.82, 2.24) is 9.97 Å². The number of benzene rings is 3. The highest BCUT2D eigenvalue weighted by molar-refractivity contribution is 6.30. The van der Waals surface area contributed by atoms with Gasteiger partial charge in [0, 0.05) is 47.0 Å². The molecule has 0 amide bonds. The zero-order chi connectivity index (χ0) is 29.9. The second kappa shape index (κ2) is 12.3. The minimum absolute atomic E-state index is 0.00609. The zero-order valence-electron chi connectivity index (χ0n) is 23.5. The lowest BCUT2D eigenvalue weighted by atomic mass is 9.83. The molecule has 1 aliphatic rings. The van der Waals surface area contributed by atoms with Crippen molar-refractivity contribution in [1.29, 1.82) is 0 Å². The molecule has 2 N–H and O–H groups in total. The molecule has 1 unspecified atom stereocenters. The molecule has 9 heteroatoms. The molecule has 1 fully saturated rings. The van der Waals surface area contributed by atoms with Crippen LogP contribution < -0.4 is 9.64 Å². The number of carbonyl (C=O) groups is 2. The van der Waals surface area contributed by atoms with E-state index in [4.69, 9.17) is 21.1 Å². The largest absolute Gasteiger partial charge is 0.465 e. The summed E-state index contributed by atoms with van der Waals surface area (Å²) < 4.78 is 11.2. The van der Waals surface area contributed by atoms with Crippen molar-refractivity contribution in [3.05, 3.63) is 107 Å². The highest BCUT2D eigenvalue weighted by atomic mass is 35.5. The molecule has 0 aliphatic carbocycles. The maximum atomic E-state index is 12.5. The zero-order valence-corrected chi connectivity index (χ0v) is 24.3. The summed E-state index contributed by atoms with van der Waals surface area (Å²) in [6.45, 7) is 1.39. The van der Waals surface area contributed by atoms with Crippen molar-refractivity contribution in [3.8, 4) is 22.6 Å². The number of H-pyrrole nitrogens is 1. The van der Waals surface area contributed by atoms with Crippen LogP contribution in [0.3, 0.4) is 0 Å². The molecule has 218 valence electrons. The predicted molar refractivity (Wildman–Crippen MR) is 166 cm³/mol. The summed E-state index contributed by atoms with van der Waals surface area (Å²) in [5, 5.41) is 13.1. The van der Waals surface area contributed by atoms with E-state index < -0.39 is 12.1 Å². The molecule has 1 saturated heterocycles. The summed E-state index contributed by atoms with van der Waals surface area (Å²) in [5.74, 6) is 0.383. The van der Waals surface area contributed by atoms with Crippen LogP contribution in [0.25, 0.3) is 22.2 Å². The van der Waals surface area contributed by atoms with Crippen LogP contribution in [-0.2, 0) is 4.74 Å². The first-order chi connectivity index (χ1) is 20.9. The number of ether oxygens (including phenoxy) is 2. The fraction of sp³-hybridized carbons (Fsp3) is 0.206. The molecule has 5 aromatic rings. The number of rotatable bonds is 8. The summed E-state index contributed by atoms with van der Waals surface area (Å²) in [5.41, 5.74) is 5.02. The highest BCUT2D eigenvalue weighted by Gasteiger charge is 2.29. The Labute approximate surface area is 253 Å². The van der Waals surface area contributed by atoms with Gasteiger partial charge in [-0.2, -0.15) is 0 Å². The van der Waals surface area contributed by atoms with Crippen LogP contribution in [0.5, 0.6) is 11.5 Å². The van der Waals surface area contributed by atoms with Crippen LogP contribution in [0.15, 0.2) is 85.2 Å². The Morgan fingerprint density at radius 3 is 2.60 bits per heavy atom. The lowest BCUT2D eigenvalue weighted by molar-refractivity contribution is 0.0597. The van der Waals surface area contributed by atoms with Gasteiger partial charge in [0.1, 0.15) is 29.0 Å². The van der Waals surface area contributed by atoms with Gasteiger partial charge in [0.2, 0.25) is 0 Å². The average Bonchev–Trinajstić information content (AvgIpc) is 3.52. The minimum atomic E-state index is -0.746. The van der Waals surface area contributed by atoms with E-state index >= 15 is 0 Å². The Hall–Kier alpha value is -4.66. The second-order valence-electron chi connectivity index (χ2n) is 10.6. The van der Waals surface area contributed by atoms with Crippen molar-refractivity contribution in [3.63, 3.8) is 0 Å². The van der Waals surface area contributed by atoms with Crippen molar-refractivity contribution in [2.45, 2.75) is 18.9 Å². The number of aromatic nitrogens is 2. The van der Waals surface area contributed by atoms with Gasteiger partial charge in [-0.15, -0.1) is 0 Å². The Kier molecular flexibility index (Phi) is 8.13. The van der Waals surface area contributed by atoms with Crippen LogP contribution in [-0.4, -0.2) is 47.5 Å². The number of aliphatic hydroxyl groups is 1. The number of methoxy groups -OCH3 is 1. The minimum Gasteiger partial charge on any atom is -0.465 e. The number of nitrogens with zero attached hydrogens (tertiary/aromatic N) is 2. The number of fused-ring (bicyclic) bond motifs is 1. The Morgan fingerprint density at radius 2 is 1.86 bits per heavy atom. The fourth-order valence-corrected chi connectivity index (χ4v) is 5.82. The van der Waals surface area contributed by atoms with Gasteiger partial charge in [-0.05, 0) is 77.9 Å². The van der Waals surface area contributed by atoms with Crippen molar-refractivity contribution in [2.75, 3.05) is 25.1 Å². The first-order valence-corrected chi connectivity index (χ1v) is 14.4. The van der Waals surface area contributed by atoms with E-state index in [1.165, 1.54) is 7.11 Å². The number of halogens is 1. The van der Waals surface area contributed by atoms with Gasteiger partial charge < -0.3 is 24.5 Å². The molecule has 3 heterocycles. The van der Waals surface area contributed by atoms with Crippen LogP contribution in [0.1, 0.15) is 45.2 Å². The summed E-state index contributed by atoms with van der Waals surface area (Å²) in [4.78, 5) is 33.8. The first-order valence-electron chi connectivity index (χ1n) is 14.0. The fourth-order valence-electron chi connectivity index (χ4n) is 5.69. The SMILES string of the molecule is COC(=O)c1ccc(N2CCC(C(O)c3cc(C=O)ccc3-c3ccc(Cl)cc3)CC2)cc1Oc1cnc2[nH]ccc2c1. The van der Waals surface area contributed by atoms with Crippen molar-refractivity contribution < 1.29 is 24.2 Å². The van der Waals surface area contributed by atoms with Gasteiger partial charge in [-0.1, -0.05) is 35.9 Å². The summed E-state index contributed by atoms with van der Waals surface area (Å²) >= 11 is 6.10. The van der Waals surface area contributed by atoms with E-state index in [-0.39, 0.29) is 5.92 Å². The molecule has 1 aliphatic heterocycles. The predicted octanol–water partition coefficient (Wildman–Crippen LogP) is 7.22. The number of hydrogen-bond acceptors (Lipinski definition) is 7. The van der Waals surface area contributed by atoms with E-state index in [2.05, 4.69) is 14.9 Å². The number of nitrogens with one attached hydrogen (secondary N) is 1. The molecule has 0 saturated carbocycles. The molecule has 0 spiro atoms. The van der Waals surface area contributed by atoms with Crippen LogP contribution in [0.4, 0.5) is 5.69 Å². The molecule has 3 aromatic carbocycles. The molecule has 6 rings (SSSR count). The van der Waals surface area contributed by atoms with E-state index in [0.29, 0.717) is 40.7 Å². The lowest BCUT2D eigenvalue weighted by Crippen LogP contribution is -2.35.